The molecule has 2 amide bonds. The van der Waals surface area contributed by atoms with E-state index in [2.05, 4.69) is 0 Å². The minimum absolute atomic E-state index is 0.326. The highest BCUT2D eigenvalue weighted by molar-refractivity contribution is 6.45. The Kier molecular flexibility index (Phi) is 5.22. The normalized spacial score (nSPS) is 17.2. The molecular weight excluding hydrogens is 372 g/mol. The second-order valence-corrected chi connectivity index (χ2v) is 6.70. The number of carbonyl (C=O) groups excluding carboxylic acids is 2. The fourth-order valence-electron chi connectivity index (χ4n) is 3.58. The minimum atomic E-state index is -0.341. The number of morpholine rings is 1. The second-order valence-electron chi connectivity index (χ2n) is 6.70. The molecule has 29 heavy (non-hydrogen) atoms. The van der Waals surface area contributed by atoms with Crippen molar-refractivity contribution < 1.29 is 23.8 Å². The minimum Gasteiger partial charge on any atom is -0.497 e. The van der Waals surface area contributed by atoms with Gasteiger partial charge in [-0.25, -0.2) is 4.90 Å². The molecule has 7 nitrogen and oxygen atoms in total. The number of carbonyl (C=O) groups is 2. The van der Waals surface area contributed by atoms with Crippen molar-refractivity contribution in [1.82, 2.24) is 4.90 Å². The summed E-state index contributed by atoms with van der Waals surface area (Å²) in [6.45, 7) is 2.15. The zero-order chi connectivity index (χ0) is 20.4. The second kappa shape index (κ2) is 7.97. The average molecular weight is 394 g/mol. The molecule has 2 aliphatic rings. The highest BCUT2D eigenvalue weighted by Crippen LogP contribution is 2.36. The summed E-state index contributed by atoms with van der Waals surface area (Å²) in [5, 5.41) is 0. The van der Waals surface area contributed by atoms with Crippen molar-refractivity contribution in [3.63, 3.8) is 0 Å². The van der Waals surface area contributed by atoms with E-state index in [9.17, 15) is 9.59 Å². The Bertz CT molecular complexity index is 944. The van der Waals surface area contributed by atoms with Crippen molar-refractivity contribution in [3.05, 3.63) is 59.8 Å². The Morgan fingerprint density at radius 1 is 0.793 bits per heavy atom. The standard InChI is InChI=1S/C22H22N2O5/c1-27-17-7-3-15(4-8-17)19-20(23-11-13-29-14-12-23)22(26)24(21(19)25)16-5-9-18(28-2)10-6-16/h3-10H,11-14H2,1-2H3. The van der Waals surface area contributed by atoms with Gasteiger partial charge in [0.25, 0.3) is 11.8 Å². The van der Waals surface area contributed by atoms with Gasteiger partial charge >= 0.3 is 0 Å². The molecule has 1 fully saturated rings. The summed E-state index contributed by atoms with van der Waals surface area (Å²) in [7, 11) is 3.16. The predicted octanol–water partition coefficient (Wildman–Crippen LogP) is 2.32. The molecule has 2 aromatic rings. The molecule has 0 aromatic heterocycles. The van der Waals surface area contributed by atoms with Gasteiger partial charge in [0, 0.05) is 13.1 Å². The van der Waals surface area contributed by atoms with Gasteiger partial charge in [-0.15, -0.1) is 0 Å². The van der Waals surface area contributed by atoms with Gasteiger partial charge in [-0.3, -0.25) is 9.59 Å². The first-order valence-corrected chi connectivity index (χ1v) is 9.38. The average Bonchev–Trinajstić information content (AvgIpc) is 3.04. The van der Waals surface area contributed by atoms with Crippen molar-refractivity contribution in [2.45, 2.75) is 0 Å². The molecular formula is C22H22N2O5. The lowest BCUT2D eigenvalue weighted by Gasteiger charge is -2.29. The molecule has 2 heterocycles. The Morgan fingerprint density at radius 3 is 1.90 bits per heavy atom. The van der Waals surface area contributed by atoms with Gasteiger partial charge in [-0.2, -0.15) is 0 Å². The highest BCUT2D eigenvalue weighted by atomic mass is 16.5. The number of benzene rings is 2. The summed E-state index contributed by atoms with van der Waals surface area (Å²) in [5.41, 5.74) is 2.01. The van der Waals surface area contributed by atoms with Gasteiger partial charge in [0.1, 0.15) is 17.2 Å². The van der Waals surface area contributed by atoms with Crippen LogP contribution in [0.3, 0.4) is 0 Å². The van der Waals surface area contributed by atoms with Crippen LogP contribution in [0.1, 0.15) is 5.56 Å². The largest absolute Gasteiger partial charge is 0.497 e. The molecule has 2 aliphatic heterocycles. The lowest BCUT2D eigenvalue weighted by atomic mass is 10.0. The third-order valence-corrected chi connectivity index (χ3v) is 5.10. The van der Waals surface area contributed by atoms with E-state index in [1.807, 2.05) is 4.90 Å². The number of amides is 2. The summed E-state index contributed by atoms with van der Waals surface area (Å²) in [6, 6.07) is 14.1. The predicted molar refractivity (Wildman–Crippen MR) is 108 cm³/mol. The van der Waals surface area contributed by atoms with Crippen LogP contribution in [0.15, 0.2) is 54.2 Å². The quantitative estimate of drug-likeness (QED) is 0.725. The molecule has 150 valence electrons. The first-order valence-electron chi connectivity index (χ1n) is 9.38. The summed E-state index contributed by atoms with van der Waals surface area (Å²) < 4.78 is 15.8. The Labute approximate surface area is 169 Å². The smallest absolute Gasteiger partial charge is 0.282 e. The summed E-state index contributed by atoms with van der Waals surface area (Å²) >= 11 is 0. The molecule has 7 heteroatoms. The van der Waals surface area contributed by atoms with E-state index >= 15 is 0 Å². The van der Waals surface area contributed by atoms with Crippen molar-refractivity contribution in [1.29, 1.82) is 0 Å². The van der Waals surface area contributed by atoms with Gasteiger partial charge in [-0.1, -0.05) is 12.1 Å². The molecule has 4 rings (SSSR count). The number of nitrogens with zero attached hydrogens (tertiary/aromatic N) is 2. The first-order chi connectivity index (χ1) is 14.1. The molecule has 0 radical (unpaired) electrons. The van der Waals surface area contributed by atoms with Gasteiger partial charge in [0.2, 0.25) is 0 Å². The molecule has 0 saturated carbocycles. The van der Waals surface area contributed by atoms with Crippen molar-refractivity contribution in [3.8, 4) is 11.5 Å². The summed E-state index contributed by atoms with van der Waals surface area (Å²) in [4.78, 5) is 30.0. The van der Waals surface area contributed by atoms with E-state index in [0.29, 0.717) is 60.3 Å². The van der Waals surface area contributed by atoms with Crippen molar-refractivity contribution >= 4 is 23.1 Å². The van der Waals surface area contributed by atoms with Gasteiger partial charge in [0.05, 0.1) is 38.7 Å². The van der Waals surface area contributed by atoms with Crippen molar-refractivity contribution in [2.24, 2.45) is 0 Å². The highest BCUT2D eigenvalue weighted by Gasteiger charge is 2.42. The number of rotatable bonds is 5. The zero-order valence-electron chi connectivity index (χ0n) is 16.4. The number of methoxy groups -OCH3 is 2. The fraction of sp³-hybridized carbons (Fsp3) is 0.273. The lowest BCUT2D eigenvalue weighted by molar-refractivity contribution is -0.121. The molecule has 0 aliphatic carbocycles. The van der Waals surface area contributed by atoms with E-state index in [1.165, 1.54) is 4.90 Å². The molecule has 0 bridgehead atoms. The number of ether oxygens (including phenoxy) is 3. The SMILES string of the molecule is COc1ccc(C2=C(N3CCOCC3)C(=O)N(c3ccc(OC)cc3)C2=O)cc1. The Balaban J connectivity index is 1.78. The van der Waals surface area contributed by atoms with E-state index in [1.54, 1.807) is 62.8 Å². The van der Waals surface area contributed by atoms with Crippen LogP contribution >= 0.6 is 0 Å². The van der Waals surface area contributed by atoms with Gasteiger partial charge < -0.3 is 19.1 Å². The van der Waals surface area contributed by atoms with E-state index in [-0.39, 0.29) is 11.8 Å². The molecule has 0 atom stereocenters. The fourth-order valence-corrected chi connectivity index (χ4v) is 3.58. The molecule has 0 N–H and O–H groups in total. The monoisotopic (exact) mass is 394 g/mol. The van der Waals surface area contributed by atoms with Crippen molar-refractivity contribution in [2.75, 3.05) is 45.4 Å². The maximum atomic E-state index is 13.4. The van der Waals surface area contributed by atoms with E-state index in [4.69, 9.17) is 14.2 Å². The van der Waals surface area contributed by atoms with Crippen LogP contribution in [0, 0.1) is 0 Å². The molecule has 1 saturated heterocycles. The first kappa shape index (κ1) is 19.0. The van der Waals surface area contributed by atoms with Gasteiger partial charge in [-0.05, 0) is 42.0 Å². The van der Waals surface area contributed by atoms with Crippen LogP contribution < -0.4 is 14.4 Å². The maximum Gasteiger partial charge on any atom is 0.282 e. The number of anilines is 1. The number of imide groups is 1. The van der Waals surface area contributed by atoms with E-state index < -0.39 is 0 Å². The van der Waals surface area contributed by atoms with Crippen LogP contribution in [0.25, 0.3) is 5.57 Å². The van der Waals surface area contributed by atoms with Gasteiger partial charge in [0.15, 0.2) is 0 Å². The molecule has 2 aromatic carbocycles. The Hall–Kier alpha value is -3.32. The summed E-state index contributed by atoms with van der Waals surface area (Å²) in [5.74, 6) is 0.676. The van der Waals surface area contributed by atoms with Crippen LogP contribution in [0.2, 0.25) is 0 Å². The molecule has 0 spiro atoms. The third-order valence-electron chi connectivity index (χ3n) is 5.10. The van der Waals surface area contributed by atoms with Crippen LogP contribution in [0.5, 0.6) is 11.5 Å². The maximum absolute atomic E-state index is 13.4. The van der Waals surface area contributed by atoms with Crippen LogP contribution in [0.4, 0.5) is 5.69 Å². The van der Waals surface area contributed by atoms with Crippen LogP contribution in [-0.4, -0.2) is 57.2 Å². The van der Waals surface area contributed by atoms with Crippen LogP contribution in [-0.2, 0) is 14.3 Å². The number of hydrogen-bond donors (Lipinski definition) is 0. The molecule has 0 unspecified atom stereocenters. The summed E-state index contributed by atoms with van der Waals surface area (Å²) in [6.07, 6.45) is 0. The Morgan fingerprint density at radius 2 is 1.34 bits per heavy atom. The third kappa shape index (κ3) is 3.45. The number of hydrogen-bond acceptors (Lipinski definition) is 6. The van der Waals surface area contributed by atoms with E-state index in [0.717, 1.165) is 0 Å². The lowest BCUT2D eigenvalue weighted by Crippen LogP contribution is -2.40. The zero-order valence-corrected chi connectivity index (χ0v) is 16.4. The topological polar surface area (TPSA) is 68.3 Å².